The fourth-order valence-electron chi connectivity index (χ4n) is 3.02. The lowest BCUT2D eigenvalue weighted by Gasteiger charge is -2.50. The van der Waals surface area contributed by atoms with Crippen molar-refractivity contribution in [3.05, 3.63) is 35.9 Å². The molecule has 0 radical (unpaired) electrons. The Bertz CT molecular complexity index is 550. The van der Waals surface area contributed by atoms with Crippen LogP contribution in [-0.2, 0) is 20.9 Å². The van der Waals surface area contributed by atoms with E-state index in [1.807, 2.05) is 18.2 Å². The van der Waals surface area contributed by atoms with Gasteiger partial charge in [0.1, 0.15) is 13.0 Å². The molecule has 5 nitrogen and oxygen atoms in total. The van der Waals surface area contributed by atoms with Crippen LogP contribution in [-0.4, -0.2) is 40.1 Å². The second-order valence-corrected chi connectivity index (χ2v) is 7.75. The van der Waals surface area contributed by atoms with Crippen molar-refractivity contribution in [1.82, 2.24) is 4.90 Å². The fraction of sp³-hybridized carbons (Fsp3) is 0.600. The Kier molecular flexibility index (Phi) is 7.61. The Morgan fingerprint density at radius 2 is 1.60 bits per heavy atom. The molecule has 5 heteroatoms. The molecule has 1 aromatic carbocycles. The van der Waals surface area contributed by atoms with Gasteiger partial charge in [-0.3, -0.25) is 14.5 Å². The summed E-state index contributed by atoms with van der Waals surface area (Å²) in [5.41, 5.74) is 1.65. The highest BCUT2D eigenvalue weighted by molar-refractivity contribution is 5.90. The first-order chi connectivity index (χ1) is 11.5. The van der Waals surface area contributed by atoms with Gasteiger partial charge in [-0.1, -0.05) is 30.3 Å². The molecule has 1 aliphatic heterocycles. The Hall–Kier alpha value is -1.88. The largest absolute Gasteiger partial charge is 0.481 e. The van der Waals surface area contributed by atoms with E-state index in [0.717, 1.165) is 5.56 Å². The number of carbonyl (C=O) groups excluding carboxylic acids is 1. The summed E-state index contributed by atoms with van der Waals surface area (Å²) in [7, 11) is 2.25. The summed E-state index contributed by atoms with van der Waals surface area (Å²) in [6.07, 6.45) is 3.47. The van der Waals surface area contributed by atoms with Crippen LogP contribution in [0.1, 0.15) is 58.9 Å². The van der Waals surface area contributed by atoms with Crippen molar-refractivity contribution in [2.24, 2.45) is 0 Å². The van der Waals surface area contributed by atoms with Crippen molar-refractivity contribution in [1.29, 1.82) is 0 Å². The van der Waals surface area contributed by atoms with E-state index < -0.39 is 18.4 Å². The predicted molar refractivity (Wildman–Crippen MR) is 98.3 cm³/mol. The minimum absolute atomic E-state index is 0.118. The zero-order chi connectivity index (χ0) is 19.1. The van der Waals surface area contributed by atoms with Crippen molar-refractivity contribution in [3.8, 4) is 0 Å². The second kappa shape index (κ2) is 8.99. The Morgan fingerprint density at radius 3 is 2.04 bits per heavy atom. The minimum atomic E-state index is -1.18. The maximum atomic E-state index is 10.8. The molecular weight excluding hydrogens is 318 g/mol. The standard InChI is InChI=1S/C10H21N.C10H10O4/c1-9(2)7-6-8-10(3,4)11(9)5;11-9(12)6-10(13)14-7-8-4-2-1-3-5-8/h6-8H2,1-5H3;1-5H,6-7H2,(H,11,12). The number of carbonyl (C=O) groups is 2. The first kappa shape index (κ1) is 21.2. The molecule has 1 aromatic rings. The zero-order valence-corrected chi connectivity index (χ0v) is 16.0. The number of hydrogen-bond acceptors (Lipinski definition) is 4. The second-order valence-electron chi connectivity index (χ2n) is 7.75. The molecule has 140 valence electrons. The van der Waals surface area contributed by atoms with Gasteiger partial charge in [0, 0.05) is 11.1 Å². The van der Waals surface area contributed by atoms with E-state index in [1.54, 1.807) is 12.1 Å². The van der Waals surface area contributed by atoms with Gasteiger partial charge < -0.3 is 9.84 Å². The number of aliphatic carboxylic acids is 1. The van der Waals surface area contributed by atoms with Crippen LogP contribution < -0.4 is 0 Å². The van der Waals surface area contributed by atoms with Crippen molar-refractivity contribution < 1.29 is 19.4 Å². The molecule has 25 heavy (non-hydrogen) atoms. The molecule has 1 N–H and O–H groups in total. The number of carboxylic acids is 1. The molecule has 0 unspecified atom stereocenters. The van der Waals surface area contributed by atoms with Gasteiger partial charge in [0.25, 0.3) is 0 Å². The molecule has 0 aliphatic carbocycles. The maximum absolute atomic E-state index is 10.8. The molecule has 0 aromatic heterocycles. The maximum Gasteiger partial charge on any atom is 0.317 e. The van der Waals surface area contributed by atoms with Crippen LogP contribution in [0, 0.1) is 0 Å². The summed E-state index contributed by atoms with van der Waals surface area (Å²) >= 11 is 0. The van der Waals surface area contributed by atoms with Crippen molar-refractivity contribution in [3.63, 3.8) is 0 Å². The summed E-state index contributed by atoms with van der Waals surface area (Å²) in [5.74, 6) is -1.90. The van der Waals surface area contributed by atoms with Crippen molar-refractivity contribution >= 4 is 11.9 Å². The third-order valence-corrected chi connectivity index (χ3v) is 4.93. The third kappa shape index (κ3) is 7.26. The van der Waals surface area contributed by atoms with Crippen LogP contribution in [0.4, 0.5) is 0 Å². The number of piperidine rings is 1. The molecule has 1 heterocycles. The third-order valence-electron chi connectivity index (χ3n) is 4.93. The number of esters is 1. The topological polar surface area (TPSA) is 66.8 Å². The molecule has 0 saturated carbocycles. The lowest BCUT2D eigenvalue weighted by Crippen LogP contribution is -2.56. The monoisotopic (exact) mass is 349 g/mol. The number of likely N-dealkylation sites (tertiary alicyclic amines) is 1. The number of nitrogens with zero attached hydrogens (tertiary/aromatic N) is 1. The zero-order valence-electron chi connectivity index (χ0n) is 16.0. The fourth-order valence-corrected chi connectivity index (χ4v) is 3.02. The first-order valence-electron chi connectivity index (χ1n) is 8.70. The molecule has 2 rings (SSSR count). The summed E-state index contributed by atoms with van der Waals surface area (Å²) in [6, 6.07) is 9.09. The van der Waals surface area contributed by atoms with Gasteiger partial charge in [-0.15, -0.1) is 0 Å². The highest BCUT2D eigenvalue weighted by atomic mass is 16.5. The minimum Gasteiger partial charge on any atom is -0.481 e. The van der Waals surface area contributed by atoms with Gasteiger partial charge in [-0.2, -0.15) is 0 Å². The molecule has 1 fully saturated rings. The van der Waals surface area contributed by atoms with Gasteiger partial charge in [0.05, 0.1) is 0 Å². The summed E-state index contributed by atoms with van der Waals surface area (Å²) in [6.45, 7) is 9.48. The normalized spacial score (nSPS) is 18.6. The Labute approximate surface area is 151 Å². The number of ether oxygens (including phenoxy) is 1. The Morgan fingerprint density at radius 1 is 1.08 bits per heavy atom. The van der Waals surface area contributed by atoms with E-state index in [4.69, 9.17) is 9.84 Å². The van der Waals surface area contributed by atoms with Crippen LogP contribution in [0.5, 0.6) is 0 Å². The van der Waals surface area contributed by atoms with E-state index in [1.165, 1.54) is 19.3 Å². The van der Waals surface area contributed by atoms with E-state index >= 15 is 0 Å². The highest BCUT2D eigenvalue weighted by Gasteiger charge is 2.38. The highest BCUT2D eigenvalue weighted by Crippen LogP contribution is 2.36. The smallest absolute Gasteiger partial charge is 0.317 e. The van der Waals surface area contributed by atoms with E-state index in [9.17, 15) is 9.59 Å². The Balaban J connectivity index is 0.000000257. The average molecular weight is 349 g/mol. The van der Waals surface area contributed by atoms with E-state index in [2.05, 4.69) is 39.6 Å². The van der Waals surface area contributed by atoms with Crippen LogP contribution in [0.25, 0.3) is 0 Å². The summed E-state index contributed by atoms with van der Waals surface area (Å²) in [5, 5.41) is 8.28. The van der Waals surface area contributed by atoms with Crippen LogP contribution >= 0.6 is 0 Å². The predicted octanol–water partition coefficient (Wildman–Crippen LogP) is 3.86. The summed E-state index contributed by atoms with van der Waals surface area (Å²) in [4.78, 5) is 23.5. The molecule has 1 aliphatic rings. The van der Waals surface area contributed by atoms with Crippen molar-refractivity contribution in [2.75, 3.05) is 7.05 Å². The lowest BCUT2D eigenvalue weighted by molar-refractivity contribution is -0.152. The molecule has 1 saturated heterocycles. The van der Waals surface area contributed by atoms with Gasteiger partial charge in [0.15, 0.2) is 0 Å². The number of carboxylic acid groups (broad SMARTS) is 1. The lowest BCUT2D eigenvalue weighted by atomic mass is 9.80. The van der Waals surface area contributed by atoms with Gasteiger partial charge in [0.2, 0.25) is 0 Å². The number of rotatable bonds is 4. The van der Waals surface area contributed by atoms with Crippen molar-refractivity contribution in [2.45, 2.75) is 71.1 Å². The average Bonchev–Trinajstić information content (AvgIpc) is 2.51. The first-order valence-corrected chi connectivity index (χ1v) is 8.70. The van der Waals surface area contributed by atoms with Crippen LogP contribution in [0.15, 0.2) is 30.3 Å². The van der Waals surface area contributed by atoms with E-state index in [-0.39, 0.29) is 6.61 Å². The molecule has 0 bridgehead atoms. The van der Waals surface area contributed by atoms with Crippen LogP contribution in [0.3, 0.4) is 0 Å². The SMILES string of the molecule is CN1C(C)(C)CCCC1(C)C.O=C(O)CC(=O)OCc1ccccc1. The molecule has 0 atom stereocenters. The molecule has 0 spiro atoms. The van der Waals surface area contributed by atoms with Crippen LogP contribution in [0.2, 0.25) is 0 Å². The number of benzene rings is 1. The van der Waals surface area contributed by atoms with E-state index in [0.29, 0.717) is 11.1 Å². The van der Waals surface area contributed by atoms with Gasteiger partial charge in [-0.05, 0) is 59.6 Å². The van der Waals surface area contributed by atoms with Gasteiger partial charge in [-0.25, -0.2) is 0 Å². The van der Waals surface area contributed by atoms with Gasteiger partial charge >= 0.3 is 11.9 Å². The quantitative estimate of drug-likeness (QED) is 0.660. The number of hydrogen-bond donors (Lipinski definition) is 1. The molecule has 0 amide bonds. The summed E-state index contributed by atoms with van der Waals surface area (Å²) < 4.78 is 4.72. The molecular formula is C20H31NO4.